The first kappa shape index (κ1) is 22.8. The fourth-order valence-electron chi connectivity index (χ4n) is 4.14. The molecule has 0 spiro atoms. The molecule has 7 nitrogen and oxygen atoms in total. The fourth-order valence-corrected chi connectivity index (χ4v) is 7.30. The summed E-state index contributed by atoms with van der Waals surface area (Å²) in [6, 6.07) is 10.1. The normalized spacial score (nSPS) is 16.9. The van der Waals surface area contributed by atoms with Gasteiger partial charge in [0.15, 0.2) is 0 Å². The number of hydrogen-bond donors (Lipinski definition) is 1. The summed E-state index contributed by atoms with van der Waals surface area (Å²) in [4.78, 5) is 12.9. The van der Waals surface area contributed by atoms with E-state index in [0.29, 0.717) is 33.6 Å². The minimum atomic E-state index is -3.72. The molecule has 2 aromatic carbocycles. The van der Waals surface area contributed by atoms with Crippen molar-refractivity contribution in [3.8, 4) is 0 Å². The Morgan fingerprint density at radius 3 is 2.44 bits per heavy atom. The number of nitrogens with zero attached hydrogens (tertiary/aromatic N) is 3. The molecule has 4 rings (SSSR count). The summed E-state index contributed by atoms with van der Waals surface area (Å²) in [6.45, 7) is 6.00. The van der Waals surface area contributed by atoms with Gasteiger partial charge in [-0.15, -0.1) is 10.2 Å². The summed E-state index contributed by atoms with van der Waals surface area (Å²) in [6.07, 6.45) is 1.36. The molecule has 1 N–H and O–H groups in total. The van der Waals surface area contributed by atoms with Gasteiger partial charge in [-0.3, -0.25) is 4.79 Å². The van der Waals surface area contributed by atoms with Crippen LogP contribution in [0.5, 0.6) is 0 Å². The Balaban J connectivity index is 1.59. The number of hydrogen-bond acceptors (Lipinski definition) is 6. The van der Waals surface area contributed by atoms with E-state index in [4.69, 9.17) is 11.6 Å². The van der Waals surface area contributed by atoms with Crippen molar-refractivity contribution < 1.29 is 13.2 Å². The highest BCUT2D eigenvalue weighted by molar-refractivity contribution is 7.89. The predicted octanol–water partition coefficient (Wildman–Crippen LogP) is 4.89. The van der Waals surface area contributed by atoms with Crippen LogP contribution in [0.4, 0.5) is 5.69 Å². The van der Waals surface area contributed by atoms with Crippen molar-refractivity contribution >= 4 is 44.6 Å². The van der Waals surface area contributed by atoms with Gasteiger partial charge in [0, 0.05) is 17.3 Å². The number of anilines is 1. The monoisotopic (exact) mass is 490 g/mol. The van der Waals surface area contributed by atoms with Gasteiger partial charge in [0.25, 0.3) is 5.91 Å². The number of halogens is 1. The van der Waals surface area contributed by atoms with Crippen molar-refractivity contribution in [1.29, 1.82) is 0 Å². The van der Waals surface area contributed by atoms with Crippen LogP contribution in [0.1, 0.15) is 50.4 Å². The van der Waals surface area contributed by atoms with Gasteiger partial charge in [0.2, 0.25) is 15.0 Å². The second-order valence-electron chi connectivity index (χ2n) is 7.91. The highest BCUT2D eigenvalue weighted by Gasteiger charge is 2.39. The number of aromatic nitrogens is 2. The Kier molecular flexibility index (Phi) is 6.35. The number of rotatable bonds is 5. The zero-order valence-electron chi connectivity index (χ0n) is 17.9. The molecule has 0 aliphatic carbocycles. The van der Waals surface area contributed by atoms with Gasteiger partial charge in [-0.1, -0.05) is 40.6 Å². The first-order valence-corrected chi connectivity index (χ1v) is 12.8. The van der Waals surface area contributed by atoms with Crippen molar-refractivity contribution in [2.75, 3.05) is 11.9 Å². The van der Waals surface area contributed by atoms with E-state index in [1.807, 2.05) is 32.9 Å². The van der Waals surface area contributed by atoms with Crippen molar-refractivity contribution in [2.24, 2.45) is 0 Å². The summed E-state index contributed by atoms with van der Waals surface area (Å²) < 4.78 is 28.6. The lowest BCUT2D eigenvalue weighted by molar-refractivity contribution is 0.102. The van der Waals surface area contributed by atoms with E-state index in [0.717, 1.165) is 34.4 Å². The third kappa shape index (κ3) is 4.43. The molecule has 168 valence electrons. The molecule has 1 aromatic heterocycles. The highest BCUT2D eigenvalue weighted by Crippen LogP contribution is 2.39. The van der Waals surface area contributed by atoms with E-state index in [1.54, 1.807) is 24.3 Å². The van der Waals surface area contributed by atoms with Crippen molar-refractivity contribution in [3.05, 3.63) is 68.1 Å². The Labute approximate surface area is 196 Å². The zero-order chi connectivity index (χ0) is 23.0. The van der Waals surface area contributed by atoms with Crippen LogP contribution in [0.15, 0.2) is 41.3 Å². The van der Waals surface area contributed by atoms with Gasteiger partial charge in [0.1, 0.15) is 5.01 Å². The number of aryl methyl sites for hydroxylation is 3. The third-order valence-corrected chi connectivity index (χ3v) is 8.89. The van der Waals surface area contributed by atoms with E-state index >= 15 is 0 Å². The molecule has 1 unspecified atom stereocenters. The topological polar surface area (TPSA) is 92.3 Å². The van der Waals surface area contributed by atoms with Crippen LogP contribution in [-0.4, -0.2) is 35.4 Å². The molecule has 1 aliphatic heterocycles. The van der Waals surface area contributed by atoms with Crippen LogP contribution < -0.4 is 5.32 Å². The largest absolute Gasteiger partial charge is 0.320 e. The van der Waals surface area contributed by atoms with Crippen LogP contribution >= 0.6 is 22.9 Å². The average Bonchev–Trinajstić information content (AvgIpc) is 3.38. The standard InChI is InChI=1S/C22H23ClN4O3S2/c1-13-11-14(2)19(15(3)12-13)32(29,30)27-10-4-5-18(27)21-25-26-22(31-21)20(28)24-17-8-6-16(23)7-9-17/h6-9,11-12,18H,4-5,10H2,1-3H3,(H,24,28). The number of nitrogens with one attached hydrogen (secondary N) is 1. The van der Waals surface area contributed by atoms with Crippen LogP contribution in [0.2, 0.25) is 5.02 Å². The Bertz CT molecular complexity index is 1250. The molecule has 1 aliphatic rings. The second-order valence-corrected chi connectivity index (χ2v) is 11.2. The molecule has 1 amide bonds. The van der Waals surface area contributed by atoms with E-state index in [-0.39, 0.29) is 5.01 Å². The lowest BCUT2D eigenvalue weighted by atomic mass is 10.1. The van der Waals surface area contributed by atoms with Gasteiger partial charge in [0.05, 0.1) is 10.9 Å². The second kappa shape index (κ2) is 8.90. The summed E-state index contributed by atoms with van der Waals surface area (Å²) in [5, 5.41) is 12.2. The lowest BCUT2D eigenvalue weighted by Gasteiger charge is -2.24. The van der Waals surface area contributed by atoms with Crippen molar-refractivity contribution in [1.82, 2.24) is 14.5 Å². The summed E-state index contributed by atoms with van der Waals surface area (Å²) in [7, 11) is -3.72. The molecule has 0 saturated carbocycles. The van der Waals surface area contributed by atoms with E-state index in [2.05, 4.69) is 15.5 Å². The van der Waals surface area contributed by atoms with Crippen molar-refractivity contribution in [3.63, 3.8) is 0 Å². The van der Waals surface area contributed by atoms with Crippen LogP contribution in [0.25, 0.3) is 0 Å². The molecule has 32 heavy (non-hydrogen) atoms. The predicted molar refractivity (Wildman–Crippen MR) is 126 cm³/mol. The van der Waals surface area contributed by atoms with Gasteiger partial charge >= 0.3 is 0 Å². The maximum absolute atomic E-state index is 13.6. The Morgan fingerprint density at radius 1 is 1.12 bits per heavy atom. The quantitative estimate of drug-likeness (QED) is 0.549. The zero-order valence-corrected chi connectivity index (χ0v) is 20.3. The maximum atomic E-state index is 13.6. The van der Waals surface area contributed by atoms with Gasteiger partial charge in [-0.2, -0.15) is 4.31 Å². The number of benzene rings is 2. The molecular weight excluding hydrogens is 468 g/mol. The van der Waals surface area contributed by atoms with E-state index < -0.39 is 22.0 Å². The Morgan fingerprint density at radius 2 is 1.78 bits per heavy atom. The molecule has 1 fully saturated rings. The summed E-state index contributed by atoms with van der Waals surface area (Å²) >= 11 is 7.00. The van der Waals surface area contributed by atoms with Crippen LogP contribution in [0, 0.1) is 20.8 Å². The molecule has 1 saturated heterocycles. The smallest absolute Gasteiger partial charge is 0.286 e. The number of sulfonamides is 1. The molecule has 2 heterocycles. The van der Waals surface area contributed by atoms with E-state index in [1.165, 1.54) is 4.31 Å². The molecule has 0 bridgehead atoms. The number of amides is 1. The first-order valence-electron chi connectivity index (χ1n) is 10.2. The van der Waals surface area contributed by atoms with Gasteiger partial charge in [-0.25, -0.2) is 8.42 Å². The van der Waals surface area contributed by atoms with E-state index in [9.17, 15) is 13.2 Å². The summed E-state index contributed by atoms with van der Waals surface area (Å²) in [5.41, 5.74) is 3.07. The summed E-state index contributed by atoms with van der Waals surface area (Å²) in [5.74, 6) is -0.395. The van der Waals surface area contributed by atoms with Crippen LogP contribution in [0.3, 0.4) is 0 Å². The molecule has 1 atom stereocenters. The Hall–Kier alpha value is -2.33. The number of carbonyl (C=O) groups is 1. The fraction of sp³-hybridized carbons (Fsp3) is 0.318. The molecular formula is C22H23ClN4O3S2. The number of carbonyl (C=O) groups excluding carboxylic acids is 1. The molecule has 10 heteroatoms. The molecule has 3 aromatic rings. The minimum Gasteiger partial charge on any atom is -0.320 e. The molecule has 0 radical (unpaired) electrons. The lowest BCUT2D eigenvalue weighted by Crippen LogP contribution is -2.31. The third-order valence-electron chi connectivity index (χ3n) is 5.40. The van der Waals surface area contributed by atoms with Gasteiger partial charge in [-0.05, 0) is 69.0 Å². The SMILES string of the molecule is Cc1cc(C)c(S(=O)(=O)N2CCCC2c2nnc(C(=O)Nc3ccc(Cl)cc3)s2)c(C)c1. The average molecular weight is 491 g/mol. The highest BCUT2D eigenvalue weighted by atomic mass is 35.5. The van der Waals surface area contributed by atoms with Gasteiger partial charge < -0.3 is 5.32 Å². The van der Waals surface area contributed by atoms with Crippen LogP contribution in [-0.2, 0) is 10.0 Å². The maximum Gasteiger partial charge on any atom is 0.286 e. The van der Waals surface area contributed by atoms with Crippen molar-refractivity contribution in [2.45, 2.75) is 44.6 Å². The first-order chi connectivity index (χ1) is 15.2. The minimum absolute atomic E-state index is 0.182.